The molecule has 0 amide bonds. The van der Waals surface area contributed by atoms with Crippen molar-refractivity contribution in [2.75, 3.05) is 0 Å². The number of aromatic nitrogens is 10. The lowest BCUT2D eigenvalue weighted by atomic mass is 9.94. The molecule has 0 radical (unpaired) electrons. The van der Waals surface area contributed by atoms with Gasteiger partial charge in [-0.3, -0.25) is 9.13 Å². The smallest absolute Gasteiger partial charge is 0.238 e. The van der Waals surface area contributed by atoms with Gasteiger partial charge in [-0.15, -0.1) is 0 Å². The summed E-state index contributed by atoms with van der Waals surface area (Å²) in [6.45, 7) is 0. The lowest BCUT2D eigenvalue weighted by Crippen LogP contribution is -2.06. The van der Waals surface area contributed by atoms with E-state index in [9.17, 15) is 0 Å². The highest BCUT2D eigenvalue weighted by Gasteiger charge is 2.27. The summed E-state index contributed by atoms with van der Waals surface area (Å²) in [5.41, 5.74) is 19.9. The van der Waals surface area contributed by atoms with Crippen LogP contribution in [0.15, 0.2) is 413 Å². The molecule has 21 aromatic carbocycles. The standard InChI is InChI=1S/C59H35N5.C55H33N5/c1-4-20-41-36(13-1)16-9-24-47(41)57-60-58(48-25-10-17-37-14-2-5-21-42(37)48)62-59(61-57)64-51-26-8-7-23-45(51)49-35-40(30-33-52(49)64)43-32-34-54-56-46(43)31-29-39-19-12-28-53(55(39)56)63(54)50-27-11-18-38-15-3-6-22-44(38)50;1-2-18-38(19-3-1)59-49-26-12-17-36-27-29-43-41(30-32-50(59)52(43)51(36)49)37-28-31-48-46(33-37)42-22-8-9-25-47(42)60(48)55-57-53(44-23-10-15-34-13-4-6-20-39(34)44)56-54(58-55)45-24-11-16-35-14-5-7-21-40(35)45/h1-35H;1-33H. The van der Waals surface area contributed by atoms with Gasteiger partial charge in [0.1, 0.15) is 0 Å². The van der Waals surface area contributed by atoms with E-state index >= 15 is 0 Å². The van der Waals surface area contributed by atoms with Gasteiger partial charge in [0, 0.05) is 76.4 Å². The van der Waals surface area contributed by atoms with E-state index in [2.05, 4.69) is 431 Å². The molecule has 0 unspecified atom stereocenters. The van der Waals surface area contributed by atoms with Gasteiger partial charge in [0.05, 0.1) is 49.8 Å². The second-order valence-electron chi connectivity index (χ2n) is 32.3. The first kappa shape index (κ1) is 69.2. The lowest BCUT2D eigenvalue weighted by molar-refractivity contribution is 0.955. The summed E-state index contributed by atoms with van der Waals surface area (Å²) in [5.74, 6) is 3.69. The molecule has 27 rings (SSSR count). The Labute approximate surface area is 709 Å². The van der Waals surface area contributed by atoms with Crippen LogP contribution in [-0.4, -0.2) is 48.2 Å². The van der Waals surface area contributed by atoms with E-state index in [1.807, 2.05) is 0 Å². The molecule has 10 nitrogen and oxygen atoms in total. The minimum absolute atomic E-state index is 0.577. The van der Waals surface area contributed by atoms with Crippen LogP contribution in [0.25, 0.3) is 254 Å². The lowest BCUT2D eigenvalue weighted by Gasteiger charge is -2.13. The largest absolute Gasteiger partial charge is 0.309 e. The first-order valence-corrected chi connectivity index (χ1v) is 42.1. The summed E-state index contributed by atoms with van der Waals surface area (Å²) in [6, 6.07) is 148. The third kappa shape index (κ3) is 10.6. The number of para-hydroxylation sites is 3. The Kier molecular flexibility index (Phi) is 15.3. The van der Waals surface area contributed by atoms with Gasteiger partial charge in [-0.25, -0.2) is 9.97 Å². The van der Waals surface area contributed by atoms with Crippen molar-refractivity contribution in [2.45, 2.75) is 0 Å². The van der Waals surface area contributed by atoms with E-state index in [1.54, 1.807) is 0 Å². The highest BCUT2D eigenvalue weighted by atomic mass is 15.2. The summed E-state index contributed by atoms with van der Waals surface area (Å²) in [6.07, 6.45) is 0. The minimum atomic E-state index is 0.577. The van der Waals surface area contributed by atoms with Crippen LogP contribution in [0.4, 0.5) is 0 Å². The molecule has 0 saturated heterocycles. The van der Waals surface area contributed by atoms with Crippen molar-refractivity contribution in [2.24, 2.45) is 0 Å². The molecule has 124 heavy (non-hydrogen) atoms. The summed E-state index contributed by atoms with van der Waals surface area (Å²) in [4.78, 5) is 31.9. The third-order valence-electron chi connectivity index (χ3n) is 25.7. The van der Waals surface area contributed by atoms with E-state index in [0.29, 0.717) is 35.2 Å². The maximum atomic E-state index is 5.36. The zero-order valence-electron chi connectivity index (χ0n) is 66.7. The van der Waals surface area contributed by atoms with Crippen molar-refractivity contribution in [1.82, 2.24) is 48.2 Å². The van der Waals surface area contributed by atoms with Crippen LogP contribution in [0.2, 0.25) is 0 Å². The third-order valence-corrected chi connectivity index (χ3v) is 25.7. The van der Waals surface area contributed by atoms with Crippen molar-refractivity contribution < 1.29 is 0 Å². The van der Waals surface area contributed by atoms with Crippen molar-refractivity contribution in [1.29, 1.82) is 0 Å². The molecule has 0 atom stereocenters. The van der Waals surface area contributed by atoms with Crippen LogP contribution in [-0.2, 0) is 0 Å². The average molecular weight is 1580 g/mol. The van der Waals surface area contributed by atoms with Crippen molar-refractivity contribution in [3.63, 3.8) is 0 Å². The monoisotopic (exact) mass is 1580 g/mol. The molecular weight excluding hydrogens is 1510 g/mol. The van der Waals surface area contributed by atoms with E-state index in [4.69, 9.17) is 29.9 Å². The van der Waals surface area contributed by atoms with Crippen molar-refractivity contribution in [3.8, 4) is 91.1 Å². The Morgan fingerprint density at radius 3 is 0.895 bits per heavy atom. The number of hydrogen-bond donors (Lipinski definition) is 0. The molecule has 27 aromatic rings. The number of hydrogen-bond acceptors (Lipinski definition) is 6. The predicted molar refractivity (Wildman–Crippen MR) is 515 cm³/mol. The second-order valence-corrected chi connectivity index (χ2v) is 32.3. The molecule has 0 aliphatic heterocycles. The highest BCUT2D eigenvalue weighted by Crippen LogP contribution is 2.48. The topological polar surface area (TPSA) is 97.1 Å². The van der Waals surface area contributed by atoms with Gasteiger partial charge < -0.3 is 9.13 Å². The Morgan fingerprint density at radius 2 is 0.460 bits per heavy atom. The Morgan fingerprint density at radius 1 is 0.153 bits per heavy atom. The first-order valence-electron chi connectivity index (χ1n) is 42.1. The van der Waals surface area contributed by atoms with Gasteiger partial charge in [-0.05, 0) is 171 Å². The minimum Gasteiger partial charge on any atom is -0.309 e. The number of benzene rings is 21. The maximum absolute atomic E-state index is 5.36. The second kappa shape index (κ2) is 27.4. The molecule has 6 aromatic heterocycles. The van der Waals surface area contributed by atoms with Gasteiger partial charge in [-0.2, -0.15) is 19.9 Å². The highest BCUT2D eigenvalue weighted by molar-refractivity contribution is 6.29. The molecule has 0 fully saturated rings. The molecule has 0 saturated carbocycles. The quantitative estimate of drug-likeness (QED) is 0.127. The summed E-state index contributed by atoms with van der Waals surface area (Å²) >= 11 is 0. The molecule has 0 bridgehead atoms. The molecule has 0 N–H and O–H groups in total. The van der Waals surface area contributed by atoms with E-state index in [-0.39, 0.29) is 0 Å². The molecule has 0 aliphatic carbocycles. The Bertz CT molecular complexity index is 8880. The average Bonchev–Trinajstić information content (AvgIpc) is 1.55. The van der Waals surface area contributed by atoms with E-state index in [0.717, 1.165) is 126 Å². The fourth-order valence-corrected chi connectivity index (χ4v) is 20.2. The normalized spacial score (nSPS) is 12.0. The van der Waals surface area contributed by atoms with Crippen molar-refractivity contribution in [3.05, 3.63) is 413 Å². The van der Waals surface area contributed by atoms with Crippen LogP contribution < -0.4 is 0 Å². The van der Waals surface area contributed by atoms with Crippen LogP contribution in [0, 0.1) is 0 Å². The predicted octanol–water partition coefficient (Wildman–Crippen LogP) is 29.1. The molecule has 10 heteroatoms. The van der Waals surface area contributed by atoms with Gasteiger partial charge >= 0.3 is 0 Å². The molecule has 574 valence electrons. The Balaban J connectivity index is 0.000000133. The van der Waals surface area contributed by atoms with E-state index in [1.165, 1.54) is 92.7 Å². The molecule has 0 aliphatic rings. The van der Waals surface area contributed by atoms with Gasteiger partial charge in [0.25, 0.3) is 0 Å². The zero-order chi connectivity index (χ0) is 81.2. The van der Waals surface area contributed by atoms with Crippen LogP contribution in [0.5, 0.6) is 0 Å². The van der Waals surface area contributed by atoms with Crippen LogP contribution in [0.1, 0.15) is 0 Å². The number of rotatable bonds is 10. The zero-order valence-corrected chi connectivity index (χ0v) is 66.7. The van der Waals surface area contributed by atoms with Crippen LogP contribution in [0.3, 0.4) is 0 Å². The van der Waals surface area contributed by atoms with Gasteiger partial charge in [0.2, 0.25) is 11.9 Å². The SMILES string of the molecule is c1ccc(-n2c3cccc4ccc5c(-c6ccc7c(c6)c6ccccc6n7-c6nc(-c7cccc8ccccc78)nc(-c7cccc8ccccc78)n6)ccc2c5c43)cc1.c1ccc2c(-c3nc(-c4cccc5ccccc45)nc(-n4c5ccccc5c5cc(-c6ccc7c8c6ccc6cccc(c68)n7-c6cccc7ccccc67)ccc54)n3)cccc2c1. The Hall–Kier alpha value is -16.8. The fourth-order valence-electron chi connectivity index (χ4n) is 20.2. The number of fused-ring (bicyclic) bond motifs is 11. The molecule has 6 heterocycles. The summed E-state index contributed by atoms with van der Waals surface area (Å²) in [5, 5.41) is 26.1. The molecule has 0 spiro atoms. The van der Waals surface area contributed by atoms with Crippen molar-refractivity contribution >= 4 is 163 Å². The molecular formula is C114H68N10. The van der Waals surface area contributed by atoms with E-state index < -0.39 is 0 Å². The first-order chi connectivity index (χ1) is 61.5. The summed E-state index contributed by atoms with van der Waals surface area (Å²) < 4.78 is 9.29. The van der Waals surface area contributed by atoms with Crippen LogP contribution >= 0.6 is 0 Å². The fraction of sp³-hybridized carbons (Fsp3) is 0. The van der Waals surface area contributed by atoms with Gasteiger partial charge in [0.15, 0.2) is 23.3 Å². The number of nitrogens with zero attached hydrogens (tertiary/aromatic N) is 10. The van der Waals surface area contributed by atoms with Gasteiger partial charge in [-0.1, -0.05) is 334 Å². The maximum Gasteiger partial charge on any atom is 0.238 e. The summed E-state index contributed by atoms with van der Waals surface area (Å²) in [7, 11) is 0.